The van der Waals surface area contributed by atoms with Gasteiger partial charge in [-0.15, -0.1) is 0 Å². The molecule has 0 radical (unpaired) electrons. The molecule has 15 aromatic carbocycles. The summed E-state index contributed by atoms with van der Waals surface area (Å²) >= 11 is 0. The van der Waals surface area contributed by atoms with Crippen LogP contribution in [0, 0.1) is 27.7 Å². The third-order valence-corrected chi connectivity index (χ3v) is 20.3. The van der Waals surface area contributed by atoms with Gasteiger partial charge in [0, 0.05) is 61.2 Å². The molecule has 118 heavy (non-hydrogen) atoms. The highest BCUT2D eigenvalue weighted by Gasteiger charge is 2.17. The van der Waals surface area contributed by atoms with Crippen LogP contribution in [-0.4, -0.2) is 39.9 Å². The van der Waals surface area contributed by atoms with E-state index in [-0.39, 0.29) is 0 Å². The summed E-state index contributed by atoms with van der Waals surface area (Å²) in [5, 5.41) is 0. The molecule has 4 heterocycles. The molecule has 0 N–H and O–H groups in total. The molecule has 0 amide bonds. The van der Waals surface area contributed by atoms with Crippen molar-refractivity contribution < 1.29 is 0 Å². The van der Waals surface area contributed by atoms with Gasteiger partial charge in [-0.3, -0.25) is 0 Å². The maximum atomic E-state index is 4.98. The molecule has 0 saturated carbocycles. The zero-order valence-corrected chi connectivity index (χ0v) is 66.1. The Balaban J connectivity index is 0.000000118. The molecule has 8 heteroatoms. The minimum Gasteiger partial charge on any atom is -0.233 e. The van der Waals surface area contributed by atoms with E-state index in [0.717, 1.165) is 136 Å². The number of aryl methyl sites for hydroxylation is 4. The molecule has 0 bridgehead atoms. The Kier molecular flexibility index (Phi) is 24.1. The quantitative estimate of drug-likeness (QED) is 0.1000. The first kappa shape index (κ1) is 76.6. The molecule has 0 aliphatic carbocycles. The highest BCUT2D eigenvalue weighted by Crippen LogP contribution is 2.36. The van der Waals surface area contributed by atoms with Crippen molar-refractivity contribution in [2.75, 3.05) is 0 Å². The van der Waals surface area contributed by atoms with Gasteiger partial charge in [-0.25, -0.2) is 39.9 Å². The average Bonchev–Trinajstić information content (AvgIpc) is 0.793. The smallest absolute Gasteiger partial charge is 0.160 e. The molecule has 4 aromatic heterocycles. The lowest BCUT2D eigenvalue weighted by Crippen LogP contribution is -1.97. The largest absolute Gasteiger partial charge is 0.233 e. The first-order valence-corrected chi connectivity index (χ1v) is 39.7. The van der Waals surface area contributed by atoms with E-state index in [4.69, 9.17) is 29.9 Å². The van der Waals surface area contributed by atoms with E-state index in [1.165, 1.54) is 55.6 Å². The zero-order chi connectivity index (χ0) is 80.2. The third kappa shape index (κ3) is 19.3. The van der Waals surface area contributed by atoms with Crippen molar-refractivity contribution in [3.63, 3.8) is 0 Å². The van der Waals surface area contributed by atoms with E-state index < -0.39 is 0 Å². The Morgan fingerprint density at radius 2 is 0.373 bits per heavy atom. The molecule has 0 saturated heterocycles. The standard InChI is InChI=1S/3C29H22N2.C23H18N2/c1-21-10-8-17-26(18-21)29-30-27(23-13-6-3-7-14-23)20-28(31-29)25-16-9-15-24(19-25)22-11-4-2-5-12-22;1-21-11-8-9-18-26(21)29-30-27(23-14-6-3-7-15-23)20-28(31-29)25-17-10-16-24(19-25)22-12-4-2-5-13-22;1-21-15-17-24(18-16-21)29-30-27(23-11-6-3-7-12-23)20-28(31-29)26-14-8-13-25(19-26)22-9-4-2-5-10-22;1-17-24-22(19-11-6-3-7-12-19)16-23(25-17)21-14-8-13-20(15-21)18-9-4-2-5-10-18/h3*2-20H,1H3;2-16H,1H3. The Labute approximate surface area is 691 Å². The van der Waals surface area contributed by atoms with Gasteiger partial charge in [-0.05, 0) is 132 Å². The molecule has 0 fully saturated rings. The summed E-state index contributed by atoms with van der Waals surface area (Å²) in [5.41, 5.74) is 32.3. The first-order valence-electron chi connectivity index (χ1n) is 39.7. The number of nitrogens with zero attached hydrogens (tertiary/aromatic N) is 8. The highest BCUT2D eigenvalue weighted by atomic mass is 14.9. The van der Waals surface area contributed by atoms with Gasteiger partial charge in [-0.1, -0.05) is 393 Å². The summed E-state index contributed by atoms with van der Waals surface area (Å²) < 4.78 is 0. The van der Waals surface area contributed by atoms with Crippen molar-refractivity contribution in [1.82, 2.24) is 39.9 Å². The van der Waals surface area contributed by atoms with Crippen LogP contribution in [0.25, 0.3) is 169 Å². The number of aromatic nitrogens is 8. The Hall–Kier alpha value is -15.4. The molecule has 19 rings (SSSR count). The fourth-order valence-corrected chi connectivity index (χ4v) is 14.2. The molecule has 8 nitrogen and oxygen atoms in total. The van der Waals surface area contributed by atoms with Gasteiger partial charge in [0.25, 0.3) is 0 Å². The minimum absolute atomic E-state index is 0.737. The maximum absolute atomic E-state index is 4.98. The van der Waals surface area contributed by atoms with Crippen molar-refractivity contribution in [3.05, 3.63) is 459 Å². The van der Waals surface area contributed by atoms with Crippen LogP contribution < -0.4 is 0 Å². The van der Waals surface area contributed by atoms with Crippen LogP contribution in [0.2, 0.25) is 0 Å². The third-order valence-electron chi connectivity index (χ3n) is 20.3. The number of benzene rings is 15. The summed E-state index contributed by atoms with van der Waals surface area (Å²) in [5.74, 6) is 3.01. The highest BCUT2D eigenvalue weighted by molar-refractivity contribution is 5.81. The summed E-state index contributed by atoms with van der Waals surface area (Å²) in [4.78, 5) is 38.9. The van der Waals surface area contributed by atoms with E-state index >= 15 is 0 Å². The van der Waals surface area contributed by atoms with Crippen molar-refractivity contribution in [2.24, 2.45) is 0 Å². The van der Waals surface area contributed by atoms with Crippen LogP contribution in [0.1, 0.15) is 22.5 Å². The van der Waals surface area contributed by atoms with Gasteiger partial charge in [0.15, 0.2) is 17.5 Å². The molecule has 564 valence electrons. The molecular weight excluding hydrogens is 1430 g/mol. The van der Waals surface area contributed by atoms with Crippen LogP contribution in [0.3, 0.4) is 0 Å². The van der Waals surface area contributed by atoms with E-state index in [2.05, 4.69) is 358 Å². The second kappa shape index (κ2) is 37.1. The molecule has 0 atom stereocenters. The lowest BCUT2D eigenvalue weighted by Gasteiger charge is -2.11. The Morgan fingerprint density at radius 3 is 0.695 bits per heavy atom. The normalized spacial score (nSPS) is 10.7. The van der Waals surface area contributed by atoms with Gasteiger partial charge in [0.2, 0.25) is 0 Å². The van der Waals surface area contributed by atoms with Crippen LogP contribution >= 0.6 is 0 Å². The van der Waals surface area contributed by atoms with Crippen LogP contribution in [0.5, 0.6) is 0 Å². The van der Waals surface area contributed by atoms with E-state index in [1.54, 1.807) is 0 Å². The summed E-state index contributed by atoms with van der Waals surface area (Å²) in [6.45, 7) is 8.22. The summed E-state index contributed by atoms with van der Waals surface area (Å²) in [6, 6.07) is 150. The molecule has 0 aliphatic heterocycles. The summed E-state index contributed by atoms with van der Waals surface area (Å²) in [7, 11) is 0. The molecule has 0 spiro atoms. The SMILES string of the molecule is Cc1ccc(-c2nc(-c3ccccc3)cc(-c3cccc(-c4ccccc4)c3)n2)cc1.Cc1cccc(-c2nc(-c3ccccc3)cc(-c3cccc(-c4ccccc4)c3)n2)c1.Cc1ccccc1-c1nc(-c2ccccc2)cc(-c2cccc(-c3ccccc3)c2)n1.Cc1nc(-c2ccccc2)cc(-c2cccc(-c3ccccc3)c2)n1. The zero-order valence-electron chi connectivity index (χ0n) is 66.1. The minimum atomic E-state index is 0.737. The monoisotopic (exact) mass is 1520 g/mol. The van der Waals surface area contributed by atoms with Crippen molar-refractivity contribution in [3.8, 4) is 169 Å². The average molecular weight is 1520 g/mol. The van der Waals surface area contributed by atoms with E-state index in [0.29, 0.717) is 0 Å². The fourth-order valence-electron chi connectivity index (χ4n) is 14.2. The Bertz CT molecular complexity index is 6550. The predicted molar refractivity (Wildman–Crippen MR) is 489 cm³/mol. The van der Waals surface area contributed by atoms with Gasteiger partial charge in [-0.2, -0.15) is 0 Å². The second-order valence-corrected chi connectivity index (χ2v) is 28.9. The van der Waals surface area contributed by atoms with Gasteiger partial charge >= 0.3 is 0 Å². The first-order chi connectivity index (χ1) is 58.1. The summed E-state index contributed by atoms with van der Waals surface area (Å²) in [6.07, 6.45) is 0. The van der Waals surface area contributed by atoms with E-state index in [1.807, 2.05) is 116 Å². The van der Waals surface area contributed by atoms with Crippen LogP contribution in [0.15, 0.2) is 437 Å². The molecule has 0 aliphatic rings. The van der Waals surface area contributed by atoms with E-state index in [9.17, 15) is 0 Å². The lowest BCUT2D eigenvalue weighted by molar-refractivity contribution is 1.06. The van der Waals surface area contributed by atoms with Gasteiger partial charge in [0.1, 0.15) is 5.82 Å². The molecule has 0 unspecified atom stereocenters. The molecule has 19 aromatic rings. The number of hydrogen-bond acceptors (Lipinski definition) is 8. The predicted octanol–water partition coefficient (Wildman–Crippen LogP) is 28.1. The van der Waals surface area contributed by atoms with Crippen molar-refractivity contribution >= 4 is 0 Å². The number of hydrogen-bond donors (Lipinski definition) is 0. The maximum Gasteiger partial charge on any atom is 0.160 e. The fraction of sp³-hybridized carbons (Fsp3) is 0.0364. The van der Waals surface area contributed by atoms with Crippen LogP contribution in [0.4, 0.5) is 0 Å². The topological polar surface area (TPSA) is 103 Å². The second-order valence-electron chi connectivity index (χ2n) is 28.9. The lowest BCUT2D eigenvalue weighted by atomic mass is 10.0. The van der Waals surface area contributed by atoms with Crippen LogP contribution in [-0.2, 0) is 0 Å². The Morgan fingerprint density at radius 1 is 0.136 bits per heavy atom. The number of rotatable bonds is 15. The molecular formula is C110H84N8. The van der Waals surface area contributed by atoms with Crippen molar-refractivity contribution in [1.29, 1.82) is 0 Å². The van der Waals surface area contributed by atoms with Gasteiger partial charge < -0.3 is 0 Å². The van der Waals surface area contributed by atoms with Gasteiger partial charge in [0.05, 0.1) is 45.6 Å². The van der Waals surface area contributed by atoms with Crippen molar-refractivity contribution in [2.45, 2.75) is 27.7 Å².